The Hall–Kier alpha value is -2.81. The summed E-state index contributed by atoms with van der Waals surface area (Å²) in [6, 6.07) is 12.7. The third-order valence-electron chi connectivity index (χ3n) is 3.91. The van der Waals surface area contributed by atoms with Gasteiger partial charge in [0.15, 0.2) is 0 Å². The molecule has 0 saturated heterocycles. The molecule has 0 bridgehead atoms. The van der Waals surface area contributed by atoms with Crippen molar-refractivity contribution in [1.29, 1.82) is 5.26 Å². The smallest absolute Gasteiger partial charge is 0.268 e. The summed E-state index contributed by atoms with van der Waals surface area (Å²) in [6.07, 6.45) is 1.30. The van der Waals surface area contributed by atoms with Crippen molar-refractivity contribution in [2.45, 2.75) is 24.3 Å². The van der Waals surface area contributed by atoms with E-state index in [2.05, 4.69) is 30.6 Å². The fourth-order valence-electron chi connectivity index (χ4n) is 2.24. The maximum absolute atomic E-state index is 12.4. The summed E-state index contributed by atoms with van der Waals surface area (Å²) in [4.78, 5) is 16.2. The Bertz CT molecular complexity index is 1250. The molecule has 11 heteroatoms. The van der Waals surface area contributed by atoms with Gasteiger partial charge in [-0.05, 0) is 38.1 Å². The molecule has 1 amide bonds. The number of hydrogen-bond donors (Lipinski definition) is 1. The van der Waals surface area contributed by atoms with Gasteiger partial charge in [-0.3, -0.25) is 10.1 Å². The molecule has 3 rings (SSSR count). The summed E-state index contributed by atoms with van der Waals surface area (Å²) in [5, 5.41) is 10.7. The van der Waals surface area contributed by atoms with Crippen LogP contribution in [0.15, 0.2) is 56.0 Å². The van der Waals surface area contributed by atoms with E-state index in [1.54, 1.807) is 18.2 Å². The number of carbonyl (C=O) groups excluding carboxylic acids is 1. The Morgan fingerprint density at radius 1 is 1.27 bits per heavy atom. The topological polar surface area (TPSA) is 126 Å². The van der Waals surface area contributed by atoms with E-state index in [4.69, 9.17) is 4.42 Å². The number of rotatable bonds is 6. The van der Waals surface area contributed by atoms with Crippen molar-refractivity contribution in [2.24, 2.45) is 0 Å². The molecule has 0 unspecified atom stereocenters. The van der Waals surface area contributed by atoms with Crippen LogP contribution in [0.2, 0.25) is 0 Å². The van der Waals surface area contributed by atoms with Gasteiger partial charge in [0.05, 0.1) is 5.25 Å². The normalized spacial score (nSPS) is 12.0. The molecule has 0 radical (unpaired) electrons. The van der Waals surface area contributed by atoms with E-state index in [1.807, 2.05) is 24.3 Å². The van der Waals surface area contributed by atoms with Crippen LogP contribution in [0.5, 0.6) is 0 Å². The lowest BCUT2D eigenvalue weighted by Crippen LogP contribution is -2.16. The van der Waals surface area contributed by atoms with Gasteiger partial charge < -0.3 is 4.42 Å². The molecule has 3 aromatic rings. The Balaban J connectivity index is 1.77. The fraction of sp³-hybridized carbons (Fsp3) is 0.158. The first-order valence-corrected chi connectivity index (χ1v) is 11.7. The van der Waals surface area contributed by atoms with E-state index in [9.17, 15) is 18.5 Å². The van der Waals surface area contributed by atoms with Gasteiger partial charge >= 0.3 is 0 Å². The first-order valence-electron chi connectivity index (χ1n) is 8.57. The van der Waals surface area contributed by atoms with Crippen molar-refractivity contribution in [3.05, 3.63) is 52.2 Å². The maximum atomic E-state index is 12.4. The predicted molar refractivity (Wildman–Crippen MR) is 116 cm³/mol. The molecule has 0 atom stereocenters. The average molecular weight is 507 g/mol. The zero-order valence-electron chi connectivity index (χ0n) is 15.8. The molecule has 0 saturated carbocycles. The van der Waals surface area contributed by atoms with Crippen LogP contribution in [0.3, 0.4) is 0 Å². The second-order valence-corrected chi connectivity index (χ2v) is 10.4. The fourth-order valence-corrected chi connectivity index (χ4v) is 4.20. The molecule has 0 spiro atoms. The number of nitrogens with zero attached hydrogens (tertiary/aromatic N) is 3. The highest BCUT2D eigenvalue weighted by Crippen LogP contribution is 2.25. The summed E-state index contributed by atoms with van der Waals surface area (Å²) in [5.74, 6) is 0.155. The van der Waals surface area contributed by atoms with E-state index >= 15 is 0 Å². The Kier molecular flexibility index (Phi) is 6.50. The molecule has 0 aliphatic heterocycles. The number of nitrogens with one attached hydrogen (secondary N) is 1. The quantitative estimate of drug-likeness (QED) is 0.390. The van der Waals surface area contributed by atoms with Crippen LogP contribution in [0.1, 0.15) is 19.6 Å². The number of aromatic nitrogens is 2. The first-order chi connectivity index (χ1) is 14.2. The molecular formula is C19H15BrN4O4S2. The van der Waals surface area contributed by atoms with E-state index in [0.29, 0.717) is 11.5 Å². The number of furan rings is 1. The zero-order chi connectivity index (χ0) is 21.9. The van der Waals surface area contributed by atoms with Gasteiger partial charge in [-0.2, -0.15) is 14.6 Å². The number of halogens is 1. The second-order valence-electron chi connectivity index (χ2n) is 6.31. The molecule has 30 heavy (non-hydrogen) atoms. The van der Waals surface area contributed by atoms with Crippen molar-refractivity contribution in [2.75, 3.05) is 5.32 Å². The zero-order valence-corrected chi connectivity index (χ0v) is 19.0. The van der Waals surface area contributed by atoms with Crippen LogP contribution >= 0.6 is 27.5 Å². The molecule has 0 fully saturated rings. The molecule has 0 aliphatic carbocycles. The van der Waals surface area contributed by atoms with Gasteiger partial charge in [0, 0.05) is 27.6 Å². The lowest BCUT2D eigenvalue weighted by atomic mass is 10.2. The minimum absolute atomic E-state index is 0.0182. The first kappa shape index (κ1) is 21.9. The molecule has 8 nitrogen and oxygen atoms in total. The predicted octanol–water partition coefficient (Wildman–Crippen LogP) is 4.29. The number of hydrogen-bond acceptors (Lipinski definition) is 8. The Morgan fingerprint density at radius 2 is 1.97 bits per heavy atom. The van der Waals surface area contributed by atoms with Gasteiger partial charge in [-0.15, -0.1) is 0 Å². The number of benzene rings is 1. The van der Waals surface area contributed by atoms with Crippen molar-refractivity contribution in [1.82, 2.24) is 9.36 Å². The van der Waals surface area contributed by atoms with Gasteiger partial charge in [-0.25, -0.2) is 8.42 Å². The van der Waals surface area contributed by atoms with Crippen molar-refractivity contribution in [3.63, 3.8) is 0 Å². The minimum atomic E-state index is -3.65. The van der Waals surface area contributed by atoms with Gasteiger partial charge in [0.2, 0.25) is 15.0 Å². The second kappa shape index (κ2) is 8.91. The molecule has 154 valence electrons. The van der Waals surface area contributed by atoms with Crippen LogP contribution in [-0.2, 0) is 14.6 Å². The van der Waals surface area contributed by atoms with Gasteiger partial charge in [0.25, 0.3) is 11.1 Å². The number of anilines is 1. The van der Waals surface area contributed by atoms with Crippen molar-refractivity contribution >= 4 is 54.4 Å². The van der Waals surface area contributed by atoms with Crippen molar-refractivity contribution in [3.8, 4) is 17.4 Å². The van der Waals surface area contributed by atoms with Gasteiger partial charge in [0.1, 0.15) is 23.2 Å². The van der Waals surface area contributed by atoms with E-state index < -0.39 is 21.0 Å². The van der Waals surface area contributed by atoms with Crippen LogP contribution in [0.4, 0.5) is 5.13 Å². The Labute approximate surface area is 185 Å². The number of amides is 1. The van der Waals surface area contributed by atoms with Crippen LogP contribution in [-0.4, -0.2) is 28.9 Å². The van der Waals surface area contributed by atoms with E-state index in [0.717, 1.165) is 21.6 Å². The third kappa shape index (κ3) is 4.84. The minimum Gasteiger partial charge on any atom is -0.457 e. The third-order valence-corrected chi connectivity index (χ3v) is 7.12. The lowest BCUT2D eigenvalue weighted by molar-refractivity contribution is -0.112. The van der Waals surface area contributed by atoms with E-state index in [1.165, 1.54) is 19.9 Å². The summed E-state index contributed by atoms with van der Waals surface area (Å²) in [6.45, 7) is 3.02. The number of nitriles is 1. The highest BCUT2D eigenvalue weighted by Gasteiger charge is 2.25. The summed E-state index contributed by atoms with van der Waals surface area (Å²) < 4.78 is 34.6. The molecule has 1 N–H and O–H groups in total. The maximum Gasteiger partial charge on any atom is 0.268 e. The summed E-state index contributed by atoms with van der Waals surface area (Å²) in [7, 11) is -3.65. The average Bonchev–Trinajstić information content (AvgIpc) is 3.36. The lowest BCUT2D eigenvalue weighted by Gasteiger charge is -2.02. The van der Waals surface area contributed by atoms with Crippen LogP contribution in [0, 0.1) is 11.3 Å². The van der Waals surface area contributed by atoms with Crippen LogP contribution < -0.4 is 5.32 Å². The molecule has 1 aromatic carbocycles. The molecule has 2 heterocycles. The van der Waals surface area contributed by atoms with Gasteiger partial charge in [-0.1, -0.05) is 28.1 Å². The highest BCUT2D eigenvalue weighted by atomic mass is 79.9. The highest BCUT2D eigenvalue weighted by molar-refractivity contribution is 9.10. The number of carbonyl (C=O) groups is 1. The van der Waals surface area contributed by atoms with Crippen molar-refractivity contribution < 1.29 is 17.6 Å². The molecular weight excluding hydrogens is 492 g/mol. The molecule has 2 aromatic heterocycles. The standard InChI is InChI=1S/C19H15BrN4O4S2/c1-11(2)30(26,27)19-23-18(29-24-19)22-17(25)13(10-21)9-15-7-8-16(28-15)12-3-5-14(20)6-4-12/h3-9,11H,1-2H3,(H,22,23,24,25). The summed E-state index contributed by atoms with van der Waals surface area (Å²) in [5.41, 5.74) is 0.615. The SMILES string of the molecule is CC(C)S(=O)(=O)c1nsc(NC(=O)C(C#N)=Cc2ccc(-c3ccc(Br)cc3)o2)n1. The largest absolute Gasteiger partial charge is 0.457 e. The summed E-state index contributed by atoms with van der Waals surface area (Å²) >= 11 is 4.09. The number of sulfone groups is 1. The van der Waals surface area contributed by atoms with Crippen LogP contribution in [0.25, 0.3) is 17.4 Å². The monoisotopic (exact) mass is 506 g/mol. The van der Waals surface area contributed by atoms with E-state index in [-0.39, 0.29) is 15.9 Å². The Morgan fingerprint density at radius 3 is 2.60 bits per heavy atom. The molecule has 0 aliphatic rings.